The zero-order valence-corrected chi connectivity index (χ0v) is 11.1. The third kappa shape index (κ3) is 5.09. The summed E-state index contributed by atoms with van der Waals surface area (Å²) >= 11 is 5.10. The van der Waals surface area contributed by atoms with Crippen molar-refractivity contribution in [1.29, 1.82) is 0 Å². The molecule has 2 N–H and O–H groups in total. The molecule has 1 aromatic rings. The van der Waals surface area contributed by atoms with Crippen LogP contribution < -0.4 is 10.6 Å². The first-order valence-corrected chi connectivity index (χ1v) is 6.33. The maximum atomic E-state index is 10.6. The van der Waals surface area contributed by atoms with Crippen LogP contribution in [0.4, 0.5) is 11.4 Å². The van der Waals surface area contributed by atoms with Gasteiger partial charge in [-0.25, -0.2) is 0 Å². The fraction of sp³-hybridized carbons (Fsp3) is 0.417. The smallest absolute Gasteiger partial charge is 0.271 e. The second-order valence-electron chi connectivity index (χ2n) is 3.90. The summed E-state index contributed by atoms with van der Waals surface area (Å²) in [5.74, 6) is 0. The number of hydrogen-bond donors (Lipinski definition) is 2. The van der Waals surface area contributed by atoms with Crippen LogP contribution in [0.1, 0.15) is 26.2 Å². The van der Waals surface area contributed by atoms with Crippen LogP contribution in [0.5, 0.6) is 0 Å². The van der Waals surface area contributed by atoms with E-state index in [2.05, 4.69) is 17.6 Å². The van der Waals surface area contributed by atoms with Crippen molar-refractivity contribution in [3.8, 4) is 0 Å². The predicted molar refractivity (Wildman–Crippen MR) is 76.8 cm³/mol. The van der Waals surface area contributed by atoms with Crippen molar-refractivity contribution in [3.63, 3.8) is 0 Å². The SMILES string of the molecule is CCCCCNC(=S)Nc1cccc([N+](=O)[O-])c1. The predicted octanol–water partition coefficient (Wildman–Crippen LogP) is 3.07. The van der Waals surface area contributed by atoms with Crippen molar-refractivity contribution in [2.24, 2.45) is 0 Å². The second-order valence-corrected chi connectivity index (χ2v) is 4.30. The van der Waals surface area contributed by atoms with Gasteiger partial charge in [0.05, 0.1) is 4.92 Å². The second kappa shape index (κ2) is 7.60. The first-order chi connectivity index (χ1) is 8.63. The monoisotopic (exact) mass is 267 g/mol. The lowest BCUT2D eigenvalue weighted by atomic mass is 10.2. The van der Waals surface area contributed by atoms with Gasteiger partial charge in [0.1, 0.15) is 0 Å². The summed E-state index contributed by atoms with van der Waals surface area (Å²) in [6, 6.07) is 6.27. The van der Waals surface area contributed by atoms with Crippen LogP contribution in [0, 0.1) is 10.1 Å². The molecule has 0 bridgehead atoms. The zero-order valence-electron chi connectivity index (χ0n) is 10.3. The number of anilines is 1. The molecule has 1 rings (SSSR count). The van der Waals surface area contributed by atoms with Crippen molar-refractivity contribution in [2.75, 3.05) is 11.9 Å². The molecule has 0 spiro atoms. The van der Waals surface area contributed by atoms with Crippen molar-refractivity contribution >= 4 is 28.7 Å². The van der Waals surface area contributed by atoms with E-state index < -0.39 is 4.92 Å². The largest absolute Gasteiger partial charge is 0.362 e. The number of non-ortho nitro benzene ring substituents is 1. The maximum Gasteiger partial charge on any atom is 0.271 e. The highest BCUT2D eigenvalue weighted by atomic mass is 32.1. The zero-order chi connectivity index (χ0) is 13.4. The van der Waals surface area contributed by atoms with Crippen LogP contribution in [0.15, 0.2) is 24.3 Å². The molecule has 0 saturated heterocycles. The Labute approximate surface area is 112 Å². The van der Waals surface area contributed by atoms with Gasteiger partial charge in [0.15, 0.2) is 5.11 Å². The van der Waals surface area contributed by atoms with Gasteiger partial charge >= 0.3 is 0 Å². The number of unbranched alkanes of at least 4 members (excludes halogenated alkanes) is 2. The molecule has 5 nitrogen and oxygen atoms in total. The van der Waals surface area contributed by atoms with Crippen LogP contribution in [-0.4, -0.2) is 16.6 Å². The minimum atomic E-state index is -0.428. The average Bonchev–Trinajstić information content (AvgIpc) is 2.35. The summed E-state index contributed by atoms with van der Waals surface area (Å²) in [5.41, 5.74) is 0.672. The Kier molecular flexibility index (Phi) is 6.07. The van der Waals surface area contributed by atoms with Crippen LogP contribution in [0.25, 0.3) is 0 Å². The number of nitrogens with one attached hydrogen (secondary N) is 2. The van der Waals surface area contributed by atoms with Gasteiger partial charge in [-0.1, -0.05) is 25.8 Å². The van der Waals surface area contributed by atoms with Crippen LogP contribution in [0.3, 0.4) is 0 Å². The average molecular weight is 267 g/mol. The van der Waals surface area contributed by atoms with Gasteiger partial charge in [0.2, 0.25) is 0 Å². The van der Waals surface area contributed by atoms with Crippen LogP contribution >= 0.6 is 12.2 Å². The van der Waals surface area contributed by atoms with E-state index in [0.717, 1.165) is 25.8 Å². The van der Waals surface area contributed by atoms with Gasteiger partial charge in [-0.05, 0) is 24.7 Å². The van der Waals surface area contributed by atoms with Gasteiger partial charge in [0.25, 0.3) is 5.69 Å². The number of thiocarbonyl (C=S) groups is 1. The molecular weight excluding hydrogens is 250 g/mol. The summed E-state index contributed by atoms with van der Waals surface area (Å²) in [7, 11) is 0. The Balaban J connectivity index is 2.44. The molecule has 1 aromatic carbocycles. The molecule has 0 heterocycles. The fourth-order valence-electron chi connectivity index (χ4n) is 1.45. The molecule has 0 aliphatic heterocycles. The Morgan fingerprint density at radius 2 is 2.22 bits per heavy atom. The number of nitro benzene ring substituents is 1. The molecule has 0 fully saturated rings. The molecular formula is C12H17N3O2S. The molecule has 0 radical (unpaired) electrons. The first kappa shape index (κ1) is 14.4. The lowest BCUT2D eigenvalue weighted by Crippen LogP contribution is -2.29. The van der Waals surface area contributed by atoms with E-state index in [-0.39, 0.29) is 5.69 Å². The Morgan fingerprint density at radius 1 is 1.44 bits per heavy atom. The Bertz CT molecular complexity index is 424. The summed E-state index contributed by atoms with van der Waals surface area (Å²) in [5, 5.41) is 17.1. The molecule has 6 heteroatoms. The van der Waals surface area contributed by atoms with E-state index >= 15 is 0 Å². The standard InChI is InChI=1S/C12H17N3O2S/c1-2-3-4-8-13-12(18)14-10-6-5-7-11(9-10)15(16)17/h5-7,9H,2-4,8H2,1H3,(H2,13,14,18). The normalized spacial score (nSPS) is 9.83. The highest BCUT2D eigenvalue weighted by molar-refractivity contribution is 7.80. The molecule has 0 aliphatic rings. The highest BCUT2D eigenvalue weighted by Crippen LogP contribution is 2.16. The number of nitrogens with zero attached hydrogens (tertiary/aromatic N) is 1. The maximum absolute atomic E-state index is 10.6. The Hall–Kier alpha value is -1.69. The number of rotatable bonds is 6. The van der Waals surface area contributed by atoms with Crippen molar-refractivity contribution in [3.05, 3.63) is 34.4 Å². The number of benzene rings is 1. The van der Waals surface area contributed by atoms with Crippen molar-refractivity contribution in [2.45, 2.75) is 26.2 Å². The molecule has 0 saturated carbocycles. The van der Waals surface area contributed by atoms with Crippen molar-refractivity contribution in [1.82, 2.24) is 5.32 Å². The van der Waals surface area contributed by atoms with Gasteiger partial charge in [-0.3, -0.25) is 10.1 Å². The van der Waals surface area contributed by atoms with Gasteiger partial charge in [-0.15, -0.1) is 0 Å². The summed E-state index contributed by atoms with van der Waals surface area (Å²) in [6.45, 7) is 2.95. The lowest BCUT2D eigenvalue weighted by molar-refractivity contribution is -0.384. The van der Waals surface area contributed by atoms with E-state index in [4.69, 9.17) is 12.2 Å². The third-order valence-electron chi connectivity index (χ3n) is 2.38. The van der Waals surface area contributed by atoms with E-state index in [0.29, 0.717) is 10.8 Å². The minimum absolute atomic E-state index is 0.0498. The van der Waals surface area contributed by atoms with Crippen molar-refractivity contribution < 1.29 is 4.92 Å². The summed E-state index contributed by atoms with van der Waals surface area (Å²) < 4.78 is 0. The topological polar surface area (TPSA) is 67.2 Å². The number of nitro groups is 1. The molecule has 0 aliphatic carbocycles. The van der Waals surface area contributed by atoms with Crippen LogP contribution in [0.2, 0.25) is 0 Å². The molecule has 98 valence electrons. The first-order valence-electron chi connectivity index (χ1n) is 5.92. The van der Waals surface area contributed by atoms with E-state index in [1.807, 2.05) is 0 Å². The van der Waals surface area contributed by atoms with Gasteiger partial charge in [0, 0.05) is 24.4 Å². The molecule has 0 amide bonds. The quantitative estimate of drug-likeness (QED) is 0.359. The van der Waals surface area contributed by atoms with E-state index in [1.165, 1.54) is 12.1 Å². The Morgan fingerprint density at radius 3 is 2.89 bits per heavy atom. The van der Waals surface area contributed by atoms with E-state index in [1.54, 1.807) is 12.1 Å². The van der Waals surface area contributed by atoms with Gasteiger partial charge < -0.3 is 10.6 Å². The highest BCUT2D eigenvalue weighted by Gasteiger charge is 2.06. The third-order valence-corrected chi connectivity index (χ3v) is 2.63. The number of hydrogen-bond acceptors (Lipinski definition) is 3. The molecule has 0 unspecified atom stereocenters. The van der Waals surface area contributed by atoms with E-state index in [9.17, 15) is 10.1 Å². The molecule has 0 atom stereocenters. The minimum Gasteiger partial charge on any atom is -0.362 e. The van der Waals surface area contributed by atoms with Gasteiger partial charge in [-0.2, -0.15) is 0 Å². The molecule has 18 heavy (non-hydrogen) atoms. The summed E-state index contributed by atoms with van der Waals surface area (Å²) in [6.07, 6.45) is 3.38. The lowest BCUT2D eigenvalue weighted by Gasteiger charge is -2.09. The van der Waals surface area contributed by atoms with Crippen LogP contribution in [-0.2, 0) is 0 Å². The summed E-state index contributed by atoms with van der Waals surface area (Å²) in [4.78, 5) is 10.2. The molecule has 0 aromatic heterocycles. The fourth-order valence-corrected chi connectivity index (χ4v) is 1.67.